The molecule has 0 radical (unpaired) electrons. The van der Waals surface area contributed by atoms with Gasteiger partial charge in [0.25, 0.3) is 5.91 Å². The molecular weight excluding hydrogens is 409 g/mol. The molecule has 0 aliphatic carbocycles. The smallest absolute Gasteiger partial charge is 0.251 e. The van der Waals surface area contributed by atoms with Gasteiger partial charge in [0.15, 0.2) is 0 Å². The molecule has 0 bridgehead atoms. The number of amides is 2. The molecule has 1 aliphatic heterocycles. The predicted molar refractivity (Wildman–Crippen MR) is 119 cm³/mol. The third-order valence-electron chi connectivity index (χ3n) is 5.13. The fourth-order valence-corrected chi connectivity index (χ4v) is 3.65. The van der Waals surface area contributed by atoms with Gasteiger partial charge in [-0.25, -0.2) is 0 Å². The van der Waals surface area contributed by atoms with Gasteiger partial charge in [0.2, 0.25) is 5.91 Å². The molecule has 3 rings (SSSR count). The summed E-state index contributed by atoms with van der Waals surface area (Å²) in [7, 11) is 1.92. The Bertz CT molecular complexity index is 799. The van der Waals surface area contributed by atoms with Crippen LogP contribution in [0.5, 0.6) is 0 Å². The monoisotopic (exact) mass is 435 g/mol. The van der Waals surface area contributed by atoms with E-state index in [4.69, 9.17) is 11.6 Å². The molecule has 1 heterocycles. The van der Waals surface area contributed by atoms with Crippen LogP contribution in [0.3, 0.4) is 0 Å². The normalized spacial score (nSPS) is 17.2. The van der Waals surface area contributed by atoms with Gasteiger partial charge >= 0.3 is 0 Å². The van der Waals surface area contributed by atoms with Crippen molar-refractivity contribution in [1.29, 1.82) is 0 Å². The van der Waals surface area contributed by atoms with Gasteiger partial charge in [-0.05, 0) is 49.7 Å². The van der Waals surface area contributed by atoms with Crippen LogP contribution in [0.15, 0.2) is 54.6 Å². The van der Waals surface area contributed by atoms with Crippen molar-refractivity contribution >= 4 is 35.8 Å². The Morgan fingerprint density at radius 3 is 2.48 bits per heavy atom. The highest BCUT2D eigenvalue weighted by atomic mass is 35.5. The van der Waals surface area contributed by atoms with E-state index >= 15 is 0 Å². The molecule has 5 nitrogen and oxygen atoms in total. The molecule has 2 aromatic rings. The average molecular weight is 436 g/mol. The molecule has 2 N–H and O–H groups in total. The van der Waals surface area contributed by atoms with Crippen molar-refractivity contribution < 1.29 is 9.59 Å². The third kappa shape index (κ3) is 6.46. The molecule has 2 atom stereocenters. The number of likely N-dealkylation sites (tertiary alicyclic amines) is 1. The Kier molecular flexibility index (Phi) is 8.96. The molecule has 29 heavy (non-hydrogen) atoms. The van der Waals surface area contributed by atoms with Crippen molar-refractivity contribution in [1.82, 2.24) is 15.5 Å². The zero-order valence-corrected chi connectivity index (χ0v) is 18.0. The van der Waals surface area contributed by atoms with E-state index in [2.05, 4.69) is 10.6 Å². The topological polar surface area (TPSA) is 61.4 Å². The van der Waals surface area contributed by atoms with Crippen LogP contribution in [0.25, 0.3) is 0 Å². The quantitative estimate of drug-likeness (QED) is 0.731. The summed E-state index contributed by atoms with van der Waals surface area (Å²) in [5, 5.41) is 6.76. The van der Waals surface area contributed by atoms with E-state index in [1.165, 1.54) is 0 Å². The Balaban J connectivity index is 0.00000300. The lowest BCUT2D eigenvalue weighted by molar-refractivity contribution is -0.134. The number of rotatable bonds is 6. The van der Waals surface area contributed by atoms with E-state index in [9.17, 15) is 9.59 Å². The van der Waals surface area contributed by atoms with Crippen LogP contribution in [0.2, 0.25) is 5.02 Å². The SMILES string of the molecule is CNC1CCCN(C(=O)C(Cc2ccccc2)NC(=O)c2ccc(Cl)cc2)C1.Cl. The van der Waals surface area contributed by atoms with Gasteiger partial charge < -0.3 is 15.5 Å². The first kappa shape index (κ1) is 23.2. The molecule has 1 saturated heterocycles. The van der Waals surface area contributed by atoms with Gasteiger partial charge in [0.1, 0.15) is 6.04 Å². The third-order valence-corrected chi connectivity index (χ3v) is 5.39. The van der Waals surface area contributed by atoms with E-state index in [1.807, 2.05) is 42.3 Å². The summed E-state index contributed by atoms with van der Waals surface area (Å²) in [6.07, 6.45) is 2.47. The zero-order chi connectivity index (χ0) is 19.9. The number of piperidine rings is 1. The Morgan fingerprint density at radius 1 is 1.14 bits per heavy atom. The Hall–Kier alpha value is -2.08. The van der Waals surface area contributed by atoms with Crippen molar-refractivity contribution in [3.8, 4) is 0 Å². The summed E-state index contributed by atoms with van der Waals surface area (Å²) in [6, 6.07) is 16.1. The lowest BCUT2D eigenvalue weighted by atomic mass is 10.0. The number of benzene rings is 2. The second kappa shape index (κ2) is 11.2. The van der Waals surface area contributed by atoms with Crippen molar-refractivity contribution in [3.63, 3.8) is 0 Å². The van der Waals surface area contributed by atoms with E-state index in [1.54, 1.807) is 24.3 Å². The number of carbonyl (C=O) groups is 2. The van der Waals surface area contributed by atoms with Crippen LogP contribution < -0.4 is 10.6 Å². The molecular formula is C22H27Cl2N3O2. The molecule has 7 heteroatoms. The largest absolute Gasteiger partial charge is 0.340 e. The highest BCUT2D eigenvalue weighted by Gasteiger charge is 2.30. The molecule has 1 fully saturated rings. The van der Waals surface area contributed by atoms with Crippen molar-refractivity contribution in [2.24, 2.45) is 0 Å². The van der Waals surface area contributed by atoms with Gasteiger partial charge in [-0.2, -0.15) is 0 Å². The molecule has 0 aromatic heterocycles. The minimum atomic E-state index is -0.610. The van der Waals surface area contributed by atoms with Crippen LogP contribution in [0.4, 0.5) is 0 Å². The average Bonchev–Trinajstić information content (AvgIpc) is 2.74. The number of likely N-dealkylation sites (N-methyl/N-ethyl adjacent to an activating group) is 1. The first-order valence-corrected chi connectivity index (χ1v) is 10.0. The second-order valence-corrected chi connectivity index (χ2v) is 7.57. The van der Waals surface area contributed by atoms with E-state index in [-0.39, 0.29) is 24.2 Å². The maximum Gasteiger partial charge on any atom is 0.251 e. The molecule has 2 unspecified atom stereocenters. The molecule has 2 aromatic carbocycles. The summed E-state index contributed by atoms with van der Waals surface area (Å²) >= 11 is 5.91. The summed E-state index contributed by atoms with van der Waals surface area (Å²) < 4.78 is 0. The summed E-state index contributed by atoms with van der Waals surface area (Å²) in [4.78, 5) is 27.8. The maximum absolute atomic E-state index is 13.2. The van der Waals surface area contributed by atoms with Crippen LogP contribution in [0, 0.1) is 0 Å². The van der Waals surface area contributed by atoms with E-state index in [0.717, 1.165) is 24.9 Å². The molecule has 156 valence electrons. The van der Waals surface area contributed by atoms with Crippen molar-refractivity contribution in [2.75, 3.05) is 20.1 Å². The molecule has 0 saturated carbocycles. The number of carbonyl (C=O) groups excluding carboxylic acids is 2. The Morgan fingerprint density at radius 2 is 1.83 bits per heavy atom. The van der Waals surface area contributed by atoms with Gasteiger partial charge in [-0.15, -0.1) is 12.4 Å². The lowest BCUT2D eigenvalue weighted by Gasteiger charge is -2.35. The van der Waals surface area contributed by atoms with Crippen LogP contribution in [-0.4, -0.2) is 48.9 Å². The fourth-order valence-electron chi connectivity index (χ4n) is 3.53. The summed E-state index contributed by atoms with van der Waals surface area (Å²) in [5.74, 6) is -0.306. The number of hydrogen-bond donors (Lipinski definition) is 2. The van der Waals surface area contributed by atoms with Gasteiger partial charge in [-0.1, -0.05) is 41.9 Å². The summed E-state index contributed by atoms with van der Waals surface area (Å²) in [6.45, 7) is 1.39. The second-order valence-electron chi connectivity index (χ2n) is 7.13. The van der Waals surface area contributed by atoms with Gasteiger partial charge in [-0.3, -0.25) is 9.59 Å². The van der Waals surface area contributed by atoms with Gasteiger partial charge in [0.05, 0.1) is 0 Å². The van der Waals surface area contributed by atoms with Crippen LogP contribution in [0.1, 0.15) is 28.8 Å². The summed E-state index contributed by atoms with van der Waals surface area (Å²) in [5.41, 5.74) is 1.50. The minimum absolute atomic E-state index is 0. The van der Waals surface area contributed by atoms with Crippen molar-refractivity contribution in [3.05, 3.63) is 70.7 Å². The first-order chi connectivity index (χ1) is 13.6. The first-order valence-electron chi connectivity index (χ1n) is 9.63. The van der Waals surface area contributed by atoms with Gasteiger partial charge in [0, 0.05) is 36.1 Å². The Labute approximate surface area is 183 Å². The predicted octanol–water partition coefficient (Wildman–Crippen LogP) is 3.31. The van der Waals surface area contributed by atoms with Crippen LogP contribution in [-0.2, 0) is 11.2 Å². The number of nitrogens with zero attached hydrogens (tertiary/aromatic N) is 1. The van der Waals surface area contributed by atoms with Crippen LogP contribution >= 0.6 is 24.0 Å². The van der Waals surface area contributed by atoms with E-state index < -0.39 is 6.04 Å². The minimum Gasteiger partial charge on any atom is -0.340 e. The zero-order valence-electron chi connectivity index (χ0n) is 16.4. The molecule has 1 aliphatic rings. The molecule has 0 spiro atoms. The van der Waals surface area contributed by atoms with E-state index in [0.29, 0.717) is 29.6 Å². The lowest BCUT2D eigenvalue weighted by Crippen LogP contribution is -2.54. The molecule has 2 amide bonds. The van der Waals surface area contributed by atoms with Crippen molar-refractivity contribution in [2.45, 2.75) is 31.3 Å². The number of halogens is 2. The standard InChI is InChI=1S/C22H26ClN3O2.ClH/c1-24-19-8-5-13-26(15-19)22(28)20(14-16-6-3-2-4-7-16)25-21(27)17-9-11-18(23)12-10-17;/h2-4,6-7,9-12,19-20,24H,5,8,13-15H2,1H3,(H,25,27);1H. The highest BCUT2D eigenvalue weighted by Crippen LogP contribution is 2.15. The number of hydrogen-bond acceptors (Lipinski definition) is 3. The number of nitrogens with one attached hydrogen (secondary N) is 2. The fraction of sp³-hybridized carbons (Fsp3) is 0.364. The maximum atomic E-state index is 13.2. The highest BCUT2D eigenvalue weighted by molar-refractivity contribution is 6.30.